The molecule has 2 heterocycles. The first-order chi connectivity index (χ1) is 13.7. The van der Waals surface area contributed by atoms with Gasteiger partial charge < -0.3 is 19.4 Å². The lowest BCUT2D eigenvalue weighted by Crippen LogP contribution is -2.12. The summed E-state index contributed by atoms with van der Waals surface area (Å²) in [5.41, 5.74) is 3.10. The predicted molar refractivity (Wildman–Crippen MR) is 110 cm³/mol. The van der Waals surface area contributed by atoms with Crippen LogP contribution in [-0.2, 0) is 11.3 Å². The third-order valence-corrected chi connectivity index (χ3v) is 4.72. The van der Waals surface area contributed by atoms with E-state index in [2.05, 4.69) is 10.3 Å². The highest BCUT2D eigenvalue weighted by atomic mass is 16.5. The van der Waals surface area contributed by atoms with E-state index >= 15 is 0 Å². The van der Waals surface area contributed by atoms with Crippen molar-refractivity contribution in [2.24, 2.45) is 0 Å². The number of nitrogens with zero attached hydrogens (tertiary/aromatic N) is 2. The third-order valence-electron chi connectivity index (χ3n) is 4.72. The Bertz CT molecular complexity index is 1150. The Balaban J connectivity index is 1.64. The van der Waals surface area contributed by atoms with Gasteiger partial charge in [0.25, 0.3) is 5.91 Å². The Labute approximate surface area is 162 Å². The van der Waals surface area contributed by atoms with Crippen LogP contribution >= 0.6 is 0 Å². The monoisotopic (exact) mass is 375 g/mol. The molecule has 0 saturated heterocycles. The molecule has 4 rings (SSSR count). The molecule has 28 heavy (non-hydrogen) atoms. The van der Waals surface area contributed by atoms with Crippen LogP contribution < -0.4 is 10.1 Å². The molecule has 0 atom stereocenters. The molecule has 0 bridgehead atoms. The van der Waals surface area contributed by atoms with E-state index < -0.39 is 0 Å². The number of anilines is 1. The fourth-order valence-electron chi connectivity index (χ4n) is 3.30. The van der Waals surface area contributed by atoms with E-state index in [4.69, 9.17) is 9.47 Å². The van der Waals surface area contributed by atoms with Crippen LogP contribution in [0.15, 0.2) is 60.9 Å². The summed E-state index contributed by atoms with van der Waals surface area (Å²) in [6.45, 7) is 1.27. The van der Waals surface area contributed by atoms with E-state index in [-0.39, 0.29) is 5.91 Å². The molecule has 2 aromatic carbocycles. The highest BCUT2D eigenvalue weighted by molar-refractivity contribution is 6.13. The van der Waals surface area contributed by atoms with Crippen LogP contribution in [0, 0.1) is 0 Å². The normalized spacial score (nSPS) is 11.1. The zero-order valence-corrected chi connectivity index (χ0v) is 15.8. The number of nitrogens with one attached hydrogen (secondary N) is 1. The number of para-hydroxylation sites is 1. The van der Waals surface area contributed by atoms with Crippen molar-refractivity contribution in [3.05, 3.63) is 66.5 Å². The van der Waals surface area contributed by atoms with Crippen molar-refractivity contribution in [3.63, 3.8) is 0 Å². The maximum absolute atomic E-state index is 12.9. The van der Waals surface area contributed by atoms with Gasteiger partial charge in [-0.15, -0.1) is 0 Å². The Morgan fingerprint density at radius 2 is 2.00 bits per heavy atom. The van der Waals surface area contributed by atoms with E-state index in [1.807, 2.05) is 59.3 Å². The van der Waals surface area contributed by atoms with E-state index in [1.165, 1.54) is 0 Å². The second-order valence-corrected chi connectivity index (χ2v) is 6.48. The number of rotatable bonds is 6. The maximum Gasteiger partial charge on any atom is 0.257 e. The molecule has 142 valence electrons. The van der Waals surface area contributed by atoms with Crippen molar-refractivity contribution in [2.75, 3.05) is 26.1 Å². The van der Waals surface area contributed by atoms with Crippen LogP contribution in [-0.4, -0.2) is 36.3 Å². The Morgan fingerprint density at radius 1 is 1.14 bits per heavy atom. The van der Waals surface area contributed by atoms with Gasteiger partial charge in [0.1, 0.15) is 5.75 Å². The van der Waals surface area contributed by atoms with Crippen LogP contribution in [0.5, 0.6) is 5.75 Å². The Hall–Kier alpha value is -3.38. The Morgan fingerprint density at radius 3 is 2.82 bits per heavy atom. The number of fused-ring (bicyclic) bond motifs is 2. The average Bonchev–Trinajstić information content (AvgIpc) is 3.10. The van der Waals surface area contributed by atoms with Crippen molar-refractivity contribution in [1.82, 2.24) is 9.55 Å². The molecule has 0 aliphatic rings. The molecule has 0 fully saturated rings. The zero-order valence-electron chi connectivity index (χ0n) is 15.8. The number of ether oxygens (including phenoxy) is 2. The number of methoxy groups -OCH3 is 2. The predicted octanol–water partition coefficient (Wildman–Crippen LogP) is 4.10. The summed E-state index contributed by atoms with van der Waals surface area (Å²) in [5.74, 6) is 0.586. The van der Waals surface area contributed by atoms with Crippen LogP contribution in [0.3, 0.4) is 0 Å². The lowest BCUT2D eigenvalue weighted by Gasteiger charge is -2.07. The van der Waals surface area contributed by atoms with Gasteiger partial charge in [-0.05, 0) is 24.3 Å². The van der Waals surface area contributed by atoms with E-state index in [9.17, 15) is 4.79 Å². The van der Waals surface area contributed by atoms with Crippen LogP contribution in [0.4, 0.5) is 5.69 Å². The van der Waals surface area contributed by atoms with Crippen molar-refractivity contribution in [1.29, 1.82) is 0 Å². The molecule has 0 radical (unpaired) electrons. The number of aromatic nitrogens is 2. The smallest absolute Gasteiger partial charge is 0.257 e. The van der Waals surface area contributed by atoms with Crippen LogP contribution in [0.25, 0.3) is 21.8 Å². The third kappa shape index (κ3) is 3.42. The summed E-state index contributed by atoms with van der Waals surface area (Å²) in [4.78, 5) is 17.4. The summed E-state index contributed by atoms with van der Waals surface area (Å²) in [6.07, 6.45) is 3.53. The summed E-state index contributed by atoms with van der Waals surface area (Å²) >= 11 is 0. The summed E-state index contributed by atoms with van der Waals surface area (Å²) in [5, 5.41) is 4.81. The van der Waals surface area contributed by atoms with Crippen LogP contribution in [0.1, 0.15) is 10.4 Å². The number of pyridine rings is 1. The molecule has 0 saturated carbocycles. The first-order valence-corrected chi connectivity index (χ1v) is 9.01. The topological polar surface area (TPSA) is 65.4 Å². The maximum atomic E-state index is 12.9. The summed E-state index contributed by atoms with van der Waals surface area (Å²) < 4.78 is 12.4. The SMILES string of the molecule is COCCn1cc(C(=O)Nc2cnc3cc(OC)ccc3c2)c2ccccc21. The Kier molecular flexibility index (Phi) is 4.95. The minimum atomic E-state index is -0.165. The van der Waals surface area contributed by atoms with E-state index in [0.717, 1.165) is 27.6 Å². The van der Waals surface area contributed by atoms with Gasteiger partial charge >= 0.3 is 0 Å². The summed E-state index contributed by atoms with van der Waals surface area (Å²) in [6, 6.07) is 15.4. The molecule has 0 aliphatic carbocycles. The number of benzene rings is 2. The molecule has 0 spiro atoms. The van der Waals surface area contributed by atoms with Gasteiger partial charge in [0.05, 0.1) is 36.7 Å². The van der Waals surface area contributed by atoms with Gasteiger partial charge in [-0.1, -0.05) is 18.2 Å². The molecule has 1 amide bonds. The lowest BCUT2D eigenvalue weighted by atomic mass is 10.1. The molecular formula is C22H21N3O3. The number of amides is 1. The van der Waals surface area contributed by atoms with Gasteiger partial charge in [-0.25, -0.2) is 0 Å². The standard InChI is InChI=1S/C22H21N3O3/c1-27-10-9-25-14-19(18-5-3-4-6-21(18)25)22(26)24-16-11-15-7-8-17(28-2)12-20(15)23-13-16/h3-8,11-14H,9-10H2,1-2H3,(H,24,26). The van der Waals surface area contributed by atoms with Gasteiger partial charge in [0.2, 0.25) is 0 Å². The van der Waals surface area contributed by atoms with Gasteiger partial charge in [0.15, 0.2) is 0 Å². The minimum Gasteiger partial charge on any atom is -0.497 e. The minimum absolute atomic E-state index is 0.165. The number of carbonyl (C=O) groups excluding carboxylic acids is 1. The number of hydrogen-bond donors (Lipinski definition) is 1. The highest BCUT2D eigenvalue weighted by Gasteiger charge is 2.15. The molecule has 2 aromatic heterocycles. The molecular weight excluding hydrogens is 354 g/mol. The number of hydrogen-bond acceptors (Lipinski definition) is 4. The zero-order chi connectivity index (χ0) is 19.5. The molecule has 6 heteroatoms. The molecule has 6 nitrogen and oxygen atoms in total. The quantitative estimate of drug-likeness (QED) is 0.551. The van der Waals surface area contributed by atoms with Gasteiger partial charge in [-0.3, -0.25) is 9.78 Å². The van der Waals surface area contributed by atoms with Crippen molar-refractivity contribution < 1.29 is 14.3 Å². The van der Waals surface area contributed by atoms with Crippen LogP contribution in [0.2, 0.25) is 0 Å². The van der Waals surface area contributed by atoms with Crippen molar-refractivity contribution in [3.8, 4) is 5.75 Å². The summed E-state index contributed by atoms with van der Waals surface area (Å²) in [7, 11) is 3.29. The second kappa shape index (κ2) is 7.70. The fraction of sp³-hybridized carbons (Fsp3) is 0.182. The van der Waals surface area contributed by atoms with Crippen molar-refractivity contribution >= 4 is 33.4 Å². The first kappa shape index (κ1) is 18.0. The molecule has 0 unspecified atom stereocenters. The second-order valence-electron chi connectivity index (χ2n) is 6.48. The van der Waals surface area contributed by atoms with Gasteiger partial charge in [0, 0.05) is 42.2 Å². The highest BCUT2D eigenvalue weighted by Crippen LogP contribution is 2.24. The molecule has 1 N–H and O–H groups in total. The van der Waals surface area contributed by atoms with E-state index in [1.54, 1.807) is 20.4 Å². The lowest BCUT2D eigenvalue weighted by molar-refractivity contribution is 0.102. The average molecular weight is 375 g/mol. The van der Waals surface area contributed by atoms with Gasteiger partial charge in [-0.2, -0.15) is 0 Å². The van der Waals surface area contributed by atoms with Crippen molar-refractivity contribution in [2.45, 2.75) is 6.54 Å². The number of carbonyl (C=O) groups is 1. The largest absolute Gasteiger partial charge is 0.497 e. The molecule has 4 aromatic rings. The first-order valence-electron chi connectivity index (χ1n) is 9.01. The fourth-order valence-corrected chi connectivity index (χ4v) is 3.30. The van der Waals surface area contributed by atoms with E-state index in [0.29, 0.717) is 24.4 Å². The molecule has 0 aliphatic heterocycles.